The first kappa shape index (κ1) is 14.5. The molecule has 0 spiro atoms. The monoisotopic (exact) mass is 295 g/mol. The lowest BCUT2D eigenvalue weighted by Crippen LogP contribution is -2.06. The second-order valence-electron chi connectivity index (χ2n) is 5.68. The smallest absolute Gasteiger partial charge is 0.125 e. The van der Waals surface area contributed by atoms with Crippen molar-refractivity contribution in [2.24, 2.45) is 0 Å². The van der Waals surface area contributed by atoms with E-state index < -0.39 is 0 Å². The predicted molar refractivity (Wildman–Crippen MR) is 87.5 cm³/mol. The van der Waals surface area contributed by atoms with Crippen molar-refractivity contribution in [1.29, 1.82) is 0 Å². The van der Waals surface area contributed by atoms with Crippen molar-refractivity contribution < 1.29 is 9.18 Å². The maximum Gasteiger partial charge on any atom is 0.125 e. The molecule has 0 atom stereocenters. The number of benzene rings is 2. The zero-order chi connectivity index (χ0) is 15.7. The van der Waals surface area contributed by atoms with Crippen LogP contribution < -0.4 is 0 Å². The van der Waals surface area contributed by atoms with E-state index in [4.69, 9.17) is 0 Å². The molecule has 0 aliphatic rings. The number of halogens is 1. The number of aldehydes is 1. The molecule has 3 heteroatoms. The minimum atomic E-state index is -0.256. The third kappa shape index (κ3) is 2.33. The Kier molecular flexibility index (Phi) is 3.80. The highest BCUT2D eigenvalue weighted by atomic mass is 19.1. The summed E-state index contributed by atoms with van der Waals surface area (Å²) >= 11 is 0. The number of hydrogen-bond donors (Lipinski definition) is 0. The number of rotatable bonds is 4. The molecule has 1 aromatic heterocycles. The first-order chi connectivity index (χ1) is 10.6. The van der Waals surface area contributed by atoms with Gasteiger partial charge in [0.1, 0.15) is 12.1 Å². The van der Waals surface area contributed by atoms with Gasteiger partial charge in [0.2, 0.25) is 0 Å². The van der Waals surface area contributed by atoms with E-state index in [-0.39, 0.29) is 11.9 Å². The van der Waals surface area contributed by atoms with Crippen LogP contribution >= 0.6 is 0 Å². The summed E-state index contributed by atoms with van der Waals surface area (Å²) in [5, 5.41) is 1.10. The van der Waals surface area contributed by atoms with Crippen molar-refractivity contribution in [2.75, 3.05) is 0 Å². The molecule has 0 saturated heterocycles. The first-order valence-corrected chi connectivity index (χ1v) is 7.45. The van der Waals surface area contributed by atoms with E-state index in [2.05, 4.69) is 30.5 Å². The Bertz CT molecular complexity index is 815. The fourth-order valence-electron chi connectivity index (χ4n) is 3.12. The van der Waals surface area contributed by atoms with Crippen LogP contribution in [0, 0.1) is 5.82 Å². The van der Waals surface area contributed by atoms with Crippen molar-refractivity contribution in [2.45, 2.75) is 26.3 Å². The van der Waals surface area contributed by atoms with Crippen LogP contribution in [0.5, 0.6) is 0 Å². The highest BCUT2D eigenvalue weighted by molar-refractivity contribution is 5.99. The zero-order valence-corrected chi connectivity index (χ0v) is 12.7. The number of hydrogen-bond acceptors (Lipinski definition) is 1. The third-order valence-corrected chi connectivity index (χ3v) is 3.94. The van der Waals surface area contributed by atoms with Gasteiger partial charge in [-0.05, 0) is 37.6 Å². The Morgan fingerprint density at radius 1 is 1.09 bits per heavy atom. The molecule has 0 bridgehead atoms. The second kappa shape index (κ2) is 5.76. The van der Waals surface area contributed by atoms with Gasteiger partial charge in [-0.25, -0.2) is 4.39 Å². The van der Waals surface area contributed by atoms with Crippen LogP contribution in [0.25, 0.3) is 22.0 Å². The largest absolute Gasteiger partial charge is 0.341 e. The van der Waals surface area contributed by atoms with E-state index in [9.17, 15) is 9.18 Å². The molecule has 22 heavy (non-hydrogen) atoms. The Hall–Kier alpha value is -2.42. The lowest BCUT2D eigenvalue weighted by atomic mass is 10.0. The van der Waals surface area contributed by atoms with Crippen LogP contribution in [-0.2, 0) is 11.2 Å². The van der Waals surface area contributed by atoms with Gasteiger partial charge in [-0.2, -0.15) is 0 Å². The molecule has 0 aliphatic heterocycles. The van der Waals surface area contributed by atoms with Crippen LogP contribution in [-0.4, -0.2) is 10.9 Å². The molecule has 0 saturated carbocycles. The van der Waals surface area contributed by atoms with Crippen LogP contribution in [0.15, 0.2) is 48.5 Å². The summed E-state index contributed by atoms with van der Waals surface area (Å²) in [4.78, 5) is 11.2. The Morgan fingerprint density at radius 2 is 1.77 bits per heavy atom. The predicted octanol–water partition coefficient (Wildman–Crippen LogP) is 4.77. The molecule has 2 aromatic carbocycles. The third-order valence-electron chi connectivity index (χ3n) is 3.94. The lowest BCUT2D eigenvalue weighted by molar-refractivity contribution is -0.107. The number of aromatic nitrogens is 1. The molecule has 0 fully saturated rings. The van der Waals surface area contributed by atoms with Crippen LogP contribution in [0.1, 0.15) is 25.6 Å². The van der Waals surface area contributed by atoms with Gasteiger partial charge in [0.25, 0.3) is 0 Å². The minimum Gasteiger partial charge on any atom is -0.341 e. The Labute approximate surface area is 129 Å². The molecular weight excluding hydrogens is 277 g/mol. The van der Waals surface area contributed by atoms with Crippen LogP contribution in [0.4, 0.5) is 4.39 Å². The Morgan fingerprint density at radius 3 is 2.41 bits per heavy atom. The first-order valence-electron chi connectivity index (χ1n) is 7.45. The van der Waals surface area contributed by atoms with Crippen molar-refractivity contribution >= 4 is 17.2 Å². The minimum absolute atomic E-state index is 0.244. The van der Waals surface area contributed by atoms with E-state index in [0.29, 0.717) is 6.42 Å². The molecule has 3 aromatic rings. The molecule has 0 radical (unpaired) electrons. The number of carbonyl (C=O) groups is 1. The van der Waals surface area contributed by atoms with E-state index in [1.807, 2.05) is 12.1 Å². The van der Waals surface area contributed by atoms with Crippen molar-refractivity contribution in [3.05, 3.63) is 60.0 Å². The van der Waals surface area contributed by atoms with E-state index in [0.717, 1.165) is 34.0 Å². The second-order valence-corrected chi connectivity index (χ2v) is 5.68. The number of fused-ring (bicyclic) bond motifs is 1. The van der Waals surface area contributed by atoms with Gasteiger partial charge in [-0.15, -0.1) is 0 Å². The maximum absolute atomic E-state index is 13.2. The highest BCUT2D eigenvalue weighted by Crippen LogP contribution is 2.37. The van der Waals surface area contributed by atoms with Crippen molar-refractivity contribution in [3.63, 3.8) is 0 Å². The number of nitrogens with zero attached hydrogens (tertiary/aromatic N) is 1. The normalized spacial score (nSPS) is 11.3. The topological polar surface area (TPSA) is 22.0 Å². The molecule has 112 valence electrons. The standard InChI is InChI=1S/C19H18FNO/c1-13(2)21-17-6-4-3-5-16(17)19(18(21)11-12-22)14-7-9-15(20)10-8-14/h3-10,12-13H,11H2,1-2H3. The molecule has 0 N–H and O–H groups in total. The van der Waals surface area contributed by atoms with E-state index >= 15 is 0 Å². The lowest BCUT2D eigenvalue weighted by Gasteiger charge is -2.14. The van der Waals surface area contributed by atoms with Crippen molar-refractivity contribution in [1.82, 2.24) is 4.57 Å². The summed E-state index contributed by atoms with van der Waals surface area (Å²) < 4.78 is 15.4. The maximum atomic E-state index is 13.2. The van der Waals surface area contributed by atoms with Gasteiger partial charge in [0.15, 0.2) is 0 Å². The quantitative estimate of drug-likeness (QED) is 0.635. The summed E-state index contributed by atoms with van der Waals surface area (Å²) in [6, 6.07) is 14.8. The molecular formula is C19H18FNO. The summed E-state index contributed by atoms with van der Waals surface area (Å²) in [5.74, 6) is -0.256. The molecule has 3 rings (SSSR count). The van der Waals surface area contributed by atoms with Crippen molar-refractivity contribution in [3.8, 4) is 11.1 Å². The highest BCUT2D eigenvalue weighted by Gasteiger charge is 2.19. The number of carbonyl (C=O) groups excluding carboxylic acids is 1. The zero-order valence-electron chi connectivity index (χ0n) is 12.7. The summed E-state index contributed by atoms with van der Waals surface area (Å²) in [7, 11) is 0. The number of para-hydroxylation sites is 1. The molecule has 0 unspecified atom stereocenters. The van der Waals surface area contributed by atoms with Gasteiger partial charge in [-0.3, -0.25) is 0 Å². The van der Waals surface area contributed by atoms with Gasteiger partial charge in [0.05, 0.1) is 0 Å². The Balaban J connectivity index is 2.38. The molecule has 0 amide bonds. The molecule has 1 heterocycles. The van der Waals surface area contributed by atoms with Crippen LogP contribution in [0.2, 0.25) is 0 Å². The summed E-state index contributed by atoms with van der Waals surface area (Å²) in [6.45, 7) is 4.21. The van der Waals surface area contributed by atoms with Gasteiger partial charge in [0, 0.05) is 34.6 Å². The fraction of sp³-hybridized carbons (Fsp3) is 0.211. The SMILES string of the molecule is CC(C)n1c(CC=O)c(-c2ccc(F)cc2)c2ccccc21. The molecule has 2 nitrogen and oxygen atoms in total. The summed E-state index contributed by atoms with van der Waals surface area (Å²) in [6.07, 6.45) is 1.28. The van der Waals surface area contributed by atoms with Gasteiger partial charge >= 0.3 is 0 Å². The fourth-order valence-corrected chi connectivity index (χ4v) is 3.12. The summed E-state index contributed by atoms with van der Waals surface area (Å²) in [5.41, 5.74) is 4.05. The van der Waals surface area contributed by atoms with Gasteiger partial charge in [-0.1, -0.05) is 30.3 Å². The van der Waals surface area contributed by atoms with Crippen LogP contribution in [0.3, 0.4) is 0 Å². The molecule has 0 aliphatic carbocycles. The van der Waals surface area contributed by atoms with E-state index in [1.54, 1.807) is 12.1 Å². The van der Waals surface area contributed by atoms with Gasteiger partial charge < -0.3 is 9.36 Å². The average molecular weight is 295 g/mol. The average Bonchev–Trinajstić information content (AvgIpc) is 2.83. The van der Waals surface area contributed by atoms with E-state index in [1.165, 1.54) is 12.1 Å².